The second-order valence-electron chi connectivity index (χ2n) is 9.84. The summed E-state index contributed by atoms with van der Waals surface area (Å²) in [6.45, 7) is 0.329. The highest BCUT2D eigenvalue weighted by atomic mass is 19.1. The number of nitrogens with one attached hydrogen (secondary N) is 3. The zero-order valence-electron chi connectivity index (χ0n) is 21.9. The van der Waals surface area contributed by atoms with Crippen molar-refractivity contribution in [2.45, 2.75) is 37.4 Å². The second-order valence-corrected chi connectivity index (χ2v) is 9.84. The van der Waals surface area contributed by atoms with Gasteiger partial charge in [-0.3, -0.25) is 14.4 Å². The minimum atomic E-state index is -1.19. The Balaban J connectivity index is 1.60. The molecule has 0 radical (unpaired) electrons. The number of likely N-dealkylation sites (N-methyl/N-ethyl adjacent to an activating group) is 1. The first-order chi connectivity index (χ1) is 18.9. The Labute approximate surface area is 227 Å². The van der Waals surface area contributed by atoms with Gasteiger partial charge in [-0.2, -0.15) is 0 Å². The van der Waals surface area contributed by atoms with Crippen LogP contribution in [0, 0.1) is 11.7 Å². The molecule has 3 atom stereocenters. The number of carbonyl (C=O) groups is 3. The number of carbonyl (C=O) groups excluding carboxylic acids is 3. The number of hydrogen-bond donors (Lipinski definition) is 4. The highest BCUT2D eigenvalue weighted by Crippen LogP contribution is 2.33. The highest BCUT2D eigenvalue weighted by Gasteiger charge is 2.40. The summed E-state index contributed by atoms with van der Waals surface area (Å²) in [6.07, 6.45) is 5.50. The van der Waals surface area contributed by atoms with E-state index in [1.54, 1.807) is 18.2 Å². The third-order valence-corrected chi connectivity index (χ3v) is 6.97. The van der Waals surface area contributed by atoms with Crippen molar-refractivity contribution in [3.05, 3.63) is 71.6 Å². The average molecular weight is 539 g/mol. The van der Waals surface area contributed by atoms with Crippen LogP contribution in [0.2, 0.25) is 0 Å². The fraction of sp³-hybridized carbons (Fsp3) is 0.414. The third-order valence-electron chi connectivity index (χ3n) is 6.97. The molecular weight excluding hydrogens is 503 g/mol. The van der Waals surface area contributed by atoms with Crippen molar-refractivity contribution in [3.63, 3.8) is 0 Å². The summed E-state index contributed by atoms with van der Waals surface area (Å²) >= 11 is 0. The van der Waals surface area contributed by atoms with Crippen LogP contribution in [0.25, 0.3) is 6.08 Å². The fourth-order valence-corrected chi connectivity index (χ4v) is 4.57. The maximum atomic E-state index is 13.4. The lowest BCUT2D eigenvalue weighted by Crippen LogP contribution is -2.58. The van der Waals surface area contributed by atoms with Gasteiger partial charge in [0.1, 0.15) is 30.3 Å². The molecule has 208 valence electrons. The van der Waals surface area contributed by atoms with E-state index >= 15 is 0 Å². The average Bonchev–Trinajstić information content (AvgIpc) is 3.77. The van der Waals surface area contributed by atoms with Crippen molar-refractivity contribution < 1.29 is 28.6 Å². The molecule has 0 saturated heterocycles. The number of aliphatic hydroxyl groups is 1. The largest absolute Gasteiger partial charge is 0.492 e. The molecule has 2 aromatic rings. The normalized spacial score (nSPS) is 24.4. The molecule has 2 aliphatic rings. The molecule has 2 aromatic carbocycles. The van der Waals surface area contributed by atoms with Gasteiger partial charge < -0.3 is 30.7 Å². The van der Waals surface area contributed by atoms with Gasteiger partial charge in [0.05, 0.1) is 12.6 Å². The molecule has 1 saturated carbocycles. The van der Waals surface area contributed by atoms with Crippen LogP contribution >= 0.6 is 0 Å². The molecule has 9 nitrogen and oxygen atoms in total. The number of para-hydroxylation sites is 1. The van der Waals surface area contributed by atoms with Crippen LogP contribution in [0.4, 0.5) is 4.39 Å². The molecule has 1 heterocycles. The van der Waals surface area contributed by atoms with Crippen LogP contribution in [0.3, 0.4) is 0 Å². The van der Waals surface area contributed by atoms with Gasteiger partial charge in [0.25, 0.3) is 0 Å². The van der Waals surface area contributed by atoms with Crippen molar-refractivity contribution in [3.8, 4) is 5.75 Å². The summed E-state index contributed by atoms with van der Waals surface area (Å²) in [4.78, 5) is 41.1. The summed E-state index contributed by atoms with van der Waals surface area (Å²) < 4.78 is 19.4. The lowest BCUT2D eigenvalue weighted by Gasteiger charge is -2.31. The van der Waals surface area contributed by atoms with Crippen LogP contribution < -0.4 is 20.7 Å². The number of hydrogen-bond acceptors (Lipinski definition) is 6. The standard InChI is InChI=1S/C29H35FN4O5/c1-34-24(18-35)28(37)33-23(17-19-8-12-22(30)13-9-19)27(36)32-14-4-6-20-5-2-3-7-25(20)39-16-15-31-26(29(34)38)21-10-11-21/h2-9,12-13,21,23-24,26,31,35H,10-11,14-18H2,1H3,(H,32,36)(H,33,37)/b6-4+/t23-,24+,26+/m1/s1. The molecule has 0 bridgehead atoms. The van der Waals surface area contributed by atoms with Crippen molar-refractivity contribution in [2.75, 3.05) is 33.4 Å². The first-order valence-corrected chi connectivity index (χ1v) is 13.2. The Morgan fingerprint density at radius 1 is 1.05 bits per heavy atom. The Morgan fingerprint density at radius 3 is 2.51 bits per heavy atom. The molecule has 1 aliphatic heterocycles. The van der Waals surface area contributed by atoms with Crippen LogP contribution in [-0.2, 0) is 20.8 Å². The van der Waals surface area contributed by atoms with Crippen molar-refractivity contribution in [2.24, 2.45) is 5.92 Å². The minimum Gasteiger partial charge on any atom is -0.492 e. The van der Waals surface area contributed by atoms with Gasteiger partial charge in [-0.15, -0.1) is 0 Å². The van der Waals surface area contributed by atoms with Crippen LogP contribution in [-0.4, -0.2) is 79.2 Å². The molecule has 39 heavy (non-hydrogen) atoms. The maximum Gasteiger partial charge on any atom is 0.245 e. The van der Waals surface area contributed by atoms with Crippen LogP contribution in [0.15, 0.2) is 54.6 Å². The molecule has 0 spiro atoms. The molecule has 3 amide bonds. The molecule has 4 N–H and O–H groups in total. The van der Waals surface area contributed by atoms with E-state index in [0.717, 1.165) is 18.4 Å². The van der Waals surface area contributed by atoms with Crippen LogP contribution in [0.5, 0.6) is 5.75 Å². The number of benzene rings is 2. The predicted octanol–water partition coefficient (Wildman–Crippen LogP) is 1.26. The van der Waals surface area contributed by atoms with E-state index in [4.69, 9.17) is 4.74 Å². The molecule has 0 unspecified atom stereocenters. The van der Waals surface area contributed by atoms with Crippen molar-refractivity contribution in [1.29, 1.82) is 0 Å². The molecule has 1 fully saturated rings. The van der Waals surface area contributed by atoms with Crippen molar-refractivity contribution in [1.82, 2.24) is 20.9 Å². The zero-order chi connectivity index (χ0) is 27.8. The van der Waals surface area contributed by atoms with Crippen molar-refractivity contribution >= 4 is 23.8 Å². The molecule has 1 aliphatic carbocycles. The molecule has 4 rings (SSSR count). The van der Waals surface area contributed by atoms with Gasteiger partial charge in [0, 0.05) is 32.1 Å². The summed E-state index contributed by atoms with van der Waals surface area (Å²) in [5.74, 6) is -1.01. The first kappa shape index (κ1) is 28.3. The number of nitrogens with zero attached hydrogens (tertiary/aromatic N) is 1. The lowest BCUT2D eigenvalue weighted by molar-refractivity contribution is -0.143. The van der Waals surface area contributed by atoms with Crippen LogP contribution in [0.1, 0.15) is 24.0 Å². The van der Waals surface area contributed by atoms with Gasteiger partial charge in [0.2, 0.25) is 17.7 Å². The number of rotatable bonds is 4. The number of fused-ring (bicyclic) bond motifs is 1. The van der Waals surface area contributed by atoms with Gasteiger partial charge in [-0.1, -0.05) is 42.5 Å². The Hall–Kier alpha value is -3.76. The van der Waals surface area contributed by atoms with E-state index in [1.165, 1.54) is 24.1 Å². The van der Waals surface area contributed by atoms with Gasteiger partial charge in [0.15, 0.2) is 0 Å². The van der Waals surface area contributed by atoms with Gasteiger partial charge >= 0.3 is 0 Å². The Bertz CT molecular complexity index is 1180. The fourth-order valence-electron chi connectivity index (χ4n) is 4.57. The minimum absolute atomic E-state index is 0.0975. The number of ether oxygens (including phenoxy) is 1. The summed E-state index contributed by atoms with van der Waals surface area (Å²) in [5.41, 5.74) is 1.48. The first-order valence-electron chi connectivity index (χ1n) is 13.2. The maximum absolute atomic E-state index is 13.4. The molecule has 10 heteroatoms. The summed E-state index contributed by atoms with van der Waals surface area (Å²) in [5, 5.41) is 18.8. The zero-order valence-corrected chi connectivity index (χ0v) is 21.9. The topological polar surface area (TPSA) is 120 Å². The summed E-state index contributed by atoms with van der Waals surface area (Å²) in [7, 11) is 1.48. The van der Waals surface area contributed by atoms with E-state index < -0.39 is 42.4 Å². The highest BCUT2D eigenvalue weighted by molar-refractivity contribution is 5.93. The number of amides is 3. The number of halogens is 1. The van der Waals surface area contributed by atoms with Gasteiger partial charge in [-0.05, 0) is 42.5 Å². The summed E-state index contributed by atoms with van der Waals surface area (Å²) in [6, 6.07) is 10.4. The SMILES string of the molecule is CN1C(=O)[C@H](C2CC2)NCCOc2ccccc2/C=C/CNC(=O)[C@@H](Cc2ccc(F)cc2)NC(=O)[C@@H]1CO. The predicted molar refractivity (Wildman–Crippen MR) is 144 cm³/mol. The smallest absolute Gasteiger partial charge is 0.245 e. The Morgan fingerprint density at radius 2 is 1.79 bits per heavy atom. The van der Waals surface area contributed by atoms with E-state index in [-0.39, 0.29) is 24.8 Å². The van der Waals surface area contributed by atoms with E-state index in [9.17, 15) is 23.9 Å². The number of aliphatic hydroxyl groups excluding tert-OH is 1. The molecule has 0 aromatic heterocycles. The third kappa shape index (κ3) is 7.64. The second kappa shape index (κ2) is 13.3. The van der Waals surface area contributed by atoms with Gasteiger partial charge in [-0.25, -0.2) is 4.39 Å². The monoisotopic (exact) mass is 538 g/mol. The van der Waals surface area contributed by atoms with E-state index in [1.807, 2.05) is 30.3 Å². The molecular formula is C29H35FN4O5. The van der Waals surface area contributed by atoms with E-state index in [2.05, 4.69) is 16.0 Å². The lowest BCUT2D eigenvalue weighted by atomic mass is 10.0. The quantitative estimate of drug-likeness (QED) is 0.466. The Kier molecular flexibility index (Phi) is 9.67. The van der Waals surface area contributed by atoms with E-state index in [0.29, 0.717) is 24.5 Å².